The number of carbonyl (C=O) groups is 2. The number of nitrogens with two attached hydrogens (primary N) is 1. The minimum absolute atomic E-state index is 0.0270. The number of hydrogen-bond donors (Lipinski definition) is 2. The summed E-state index contributed by atoms with van der Waals surface area (Å²) in [5, 5.41) is 22.1. The van der Waals surface area contributed by atoms with Crippen molar-refractivity contribution in [2.45, 2.75) is 68.7 Å². The fourth-order valence-corrected chi connectivity index (χ4v) is 9.42. The average Bonchev–Trinajstić information content (AvgIpc) is 3.47. The van der Waals surface area contributed by atoms with Gasteiger partial charge in [0.05, 0.1) is 30.5 Å². The molecule has 5 heterocycles. The fourth-order valence-electron chi connectivity index (χ4n) is 7.98. The molecule has 0 aliphatic carbocycles. The lowest BCUT2D eigenvalue weighted by Gasteiger charge is -2.61. The van der Waals surface area contributed by atoms with Crippen molar-refractivity contribution in [2.24, 2.45) is 5.73 Å². The number of aryl methyl sites for hydroxylation is 1. The lowest BCUT2D eigenvalue weighted by atomic mass is 9.71. The van der Waals surface area contributed by atoms with Crippen molar-refractivity contribution in [3.05, 3.63) is 39.4 Å². The third-order valence-electron chi connectivity index (χ3n) is 9.69. The second-order valence-electron chi connectivity index (χ2n) is 12.0. The summed E-state index contributed by atoms with van der Waals surface area (Å²) in [4.78, 5) is 29.8. The summed E-state index contributed by atoms with van der Waals surface area (Å²) in [5.41, 5.74) is 10.8. The molecule has 5 aliphatic rings. The maximum atomic E-state index is 13.0. The smallest absolute Gasteiger partial charge is 0.323 e. The molecule has 2 unspecified atom stereocenters. The Morgan fingerprint density at radius 3 is 2.64 bits per heavy atom. The minimum atomic E-state index is -0.890. The maximum Gasteiger partial charge on any atom is 0.323 e. The number of likely N-dealkylation sites (N-methyl/N-ethyl adjacent to an activating group) is 1. The molecular formula is C31H34N4O8S. The van der Waals surface area contributed by atoms with Gasteiger partial charge in [-0.05, 0) is 38.4 Å². The molecule has 7 atom stereocenters. The molecule has 2 fully saturated rings. The Balaban J connectivity index is 1.56. The Bertz CT molecular complexity index is 1640. The zero-order chi connectivity index (χ0) is 31.2. The highest BCUT2D eigenvalue weighted by Gasteiger charge is 2.60. The minimum Gasteiger partial charge on any atom is -0.504 e. The molecule has 5 aliphatic heterocycles. The van der Waals surface area contributed by atoms with Gasteiger partial charge in [-0.2, -0.15) is 5.26 Å². The van der Waals surface area contributed by atoms with Crippen LogP contribution in [0.25, 0.3) is 0 Å². The van der Waals surface area contributed by atoms with E-state index in [4.69, 9.17) is 29.4 Å². The van der Waals surface area contributed by atoms with Crippen LogP contribution in [0.2, 0.25) is 0 Å². The van der Waals surface area contributed by atoms with Gasteiger partial charge in [-0.25, -0.2) is 0 Å². The Hall–Kier alpha value is -3.70. The quantitative estimate of drug-likeness (QED) is 0.372. The summed E-state index contributed by atoms with van der Waals surface area (Å²) in [6.45, 7) is 4.93. The van der Waals surface area contributed by atoms with Crippen LogP contribution < -0.4 is 24.7 Å². The zero-order valence-electron chi connectivity index (χ0n) is 25.1. The molecule has 0 aromatic heterocycles. The van der Waals surface area contributed by atoms with Gasteiger partial charge in [-0.15, -0.1) is 11.8 Å². The maximum absolute atomic E-state index is 13.0. The molecule has 13 heteroatoms. The van der Waals surface area contributed by atoms with Crippen LogP contribution in [0.1, 0.15) is 57.6 Å². The normalized spacial score (nSPS) is 30.4. The average molecular weight is 623 g/mol. The van der Waals surface area contributed by atoms with Crippen LogP contribution in [-0.4, -0.2) is 84.3 Å². The molecule has 2 saturated heterocycles. The standard InChI is InChI=1S/C31H34N4O8S/c1-12-6-15-7-17-18(8-32)35-19-9-40-31(38)16(33)10-44-30(24(35)23(34(17)4)20(15)25(37)26(12)39-5)22-21(19)29-28(41-11-42-29)13(2)27(22)43-14(3)36/h6,16-19,23-24,30,37H,7,9-11,33H2,1-5H3/t16?,17-,18-,19+,23+,24?,30+/m0/s1. The number of rotatable bonds is 2. The number of aromatic hydroxyl groups is 1. The number of cyclic esters (lactones) is 1. The summed E-state index contributed by atoms with van der Waals surface area (Å²) in [5.74, 6) is 0.953. The Morgan fingerprint density at radius 2 is 1.93 bits per heavy atom. The first-order valence-electron chi connectivity index (χ1n) is 14.5. The molecule has 4 bridgehead atoms. The number of phenols is 1. The van der Waals surface area contributed by atoms with Crippen LogP contribution in [0.5, 0.6) is 28.7 Å². The predicted octanol–water partition coefficient (Wildman–Crippen LogP) is 2.56. The molecule has 0 saturated carbocycles. The van der Waals surface area contributed by atoms with Crippen molar-refractivity contribution in [1.29, 1.82) is 5.26 Å². The highest BCUT2D eigenvalue weighted by molar-refractivity contribution is 7.99. The van der Waals surface area contributed by atoms with Crippen LogP contribution in [0.4, 0.5) is 0 Å². The molecule has 3 N–H and O–H groups in total. The number of thioether (sulfide) groups is 1. The Labute approximate surface area is 258 Å². The molecule has 232 valence electrons. The summed E-state index contributed by atoms with van der Waals surface area (Å²) in [6.07, 6.45) is 0.522. The van der Waals surface area contributed by atoms with E-state index in [2.05, 4.69) is 15.9 Å². The number of piperazine rings is 1. The lowest BCUT2D eigenvalue weighted by Crippen LogP contribution is -2.69. The summed E-state index contributed by atoms with van der Waals surface area (Å²) in [6, 6.07) is 1.36. The predicted molar refractivity (Wildman–Crippen MR) is 158 cm³/mol. The van der Waals surface area contributed by atoms with E-state index in [0.29, 0.717) is 40.5 Å². The van der Waals surface area contributed by atoms with Crippen LogP contribution in [0.15, 0.2) is 6.07 Å². The fraction of sp³-hybridized carbons (Fsp3) is 0.516. The number of nitrogens with zero attached hydrogens (tertiary/aromatic N) is 3. The van der Waals surface area contributed by atoms with Gasteiger partial charge < -0.3 is 34.5 Å². The number of ether oxygens (including phenoxy) is 5. The number of carbonyl (C=O) groups excluding carboxylic acids is 2. The molecule has 7 rings (SSSR count). The van der Waals surface area contributed by atoms with Crippen molar-refractivity contribution in [3.63, 3.8) is 0 Å². The topological polar surface area (TPSA) is 157 Å². The molecule has 2 aromatic carbocycles. The highest BCUT2D eigenvalue weighted by Crippen LogP contribution is 2.64. The van der Waals surface area contributed by atoms with E-state index in [1.807, 2.05) is 27.0 Å². The van der Waals surface area contributed by atoms with Crippen LogP contribution in [0.3, 0.4) is 0 Å². The van der Waals surface area contributed by atoms with E-state index in [0.717, 1.165) is 22.3 Å². The van der Waals surface area contributed by atoms with Gasteiger partial charge in [-0.1, -0.05) is 6.07 Å². The van der Waals surface area contributed by atoms with Crippen molar-refractivity contribution in [3.8, 4) is 34.8 Å². The van der Waals surface area contributed by atoms with Crippen molar-refractivity contribution < 1.29 is 38.4 Å². The molecule has 0 radical (unpaired) electrons. The van der Waals surface area contributed by atoms with E-state index in [-0.39, 0.29) is 30.9 Å². The van der Waals surface area contributed by atoms with E-state index < -0.39 is 47.4 Å². The van der Waals surface area contributed by atoms with Gasteiger partial charge in [-0.3, -0.25) is 19.4 Å². The van der Waals surface area contributed by atoms with Gasteiger partial charge in [0, 0.05) is 47.0 Å². The first-order valence-corrected chi connectivity index (χ1v) is 15.6. The van der Waals surface area contributed by atoms with E-state index in [1.165, 1.54) is 25.8 Å². The largest absolute Gasteiger partial charge is 0.504 e. The van der Waals surface area contributed by atoms with E-state index in [1.54, 1.807) is 0 Å². The Morgan fingerprint density at radius 1 is 1.18 bits per heavy atom. The van der Waals surface area contributed by atoms with Crippen LogP contribution >= 0.6 is 11.8 Å². The number of benzene rings is 2. The van der Waals surface area contributed by atoms with Crippen LogP contribution in [0, 0.1) is 25.2 Å². The number of methoxy groups -OCH3 is 1. The molecule has 2 aromatic rings. The van der Waals surface area contributed by atoms with Crippen molar-refractivity contribution >= 4 is 23.7 Å². The highest BCUT2D eigenvalue weighted by atomic mass is 32.2. The monoisotopic (exact) mass is 622 g/mol. The SMILES string of the molecule is COc1c(C)cc2c(c1O)[C@@H]1C3[C@@H]4SCC(N)C(=O)OC[C@H](c5c6c(c(C)c(OC(C)=O)c54)OCO6)N3[C@@H](C#N)[C@H](C2)N1C. The zero-order valence-corrected chi connectivity index (χ0v) is 25.9. The molecule has 44 heavy (non-hydrogen) atoms. The summed E-state index contributed by atoms with van der Waals surface area (Å²) >= 11 is 1.44. The second-order valence-corrected chi connectivity index (χ2v) is 13.2. The molecule has 12 nitrogen and oxygen atoms in total. The van der Waals surface area contributed by atoms with Gasteiger partial charge in [0.2, 0.25) is 6.79 Å². The number of fused-ring (bicyclic) bond motifs is 9. The van der Waals surface area contributed by atoms with E-state index in [9.17, 15) is 20.0 Å². The van der Waals surface area contributed by atoms with Crippen LogP contribution in [-0.2, 0) is 20.7 Å². The molecule has 0 spiro atoms. The van der Waals surface area contributed by atoms with Gasteiger partial charge in [0.25, 0.3) is 0 Å². The summed E-state index contributed by atoms with van der Waals surface area (Å²) < 4.78 is 29.4. The number of nitriles is 1. The molecular weight excluding hydrogens is 588 g/mol. The number of phenolic OH excluding ortho intramolecular Hbond substituents is 1. The first-order chi connectivity index (χ1) is 21.1. The third-order valence-corrected chi connectivity index (χ3v) is 11.1. The second kappa shape index (κ2) is 10.4. The van der Waals surface area contributed by atoms with Gasteiger partial charge in [0.1, 0.15) is 24.4 Å². The third kappa shape index (κ3) is 3.94. The molecule has 0 amide bonds. The number of esters is 2. The van der Waals surface area contributed by atoms with Crippen molar-refractivity contribution in [1.82, 2.24) is 9.80 Å². The van der Waals surface area contributed by atoms with E-state index >= 15 is 0 Å². The van der Waals surface area contributed by atoms with Gasteiger partial charge in [0.15, 0.2) is 23.0 Å². The Kier molecular flexibility index (Phi) is 6.89. The summed E-state index contributed by atoms with van der Waals surface area (Å²) in [7, 11) is 3.51. The van der Waals surface area contributed by atoms with Gasteiger partial charge >= 0.3 is 11.9 Å². The first kappa shape index (κ1) is 29.0. The lowest BCUT2D eigenvalue weighted by molar-refractivity contribution is -0.150. The van der Waals surface area contributed by atoms with Crippen molar-refractivity contribution in [2.75, 3.05) is 33.3 Å². The number of hydrogen-bond acceptors (Lipinski definition) is 13.